The van der Waals surface area contributed by atoms with Gasteiger partial charge in [0.1, 0.15) is 0 Å². The zero-order valence-corrected chi connectivity index (χ0v) is 12.8. The van der Waals surface area contributed by atoms with E-state index in [1.54, 1.807) is 0 Å². The minimum Gasteiger partial charge on any atom is -0.309 e. The first-order chi connectivity index (χ1) is 9.74. The van der Waals surface area contributed by atoms with E-state index < -0.39 is 10.8 Å². The second-order valence-electron chi connectivity index (χ2n) is 4.76. The molecule has 0 amide bonds. The van der Waals surface area contributed by atoms with Gasteiger partial charge in [-0.25, -0.2) is 0 Å². The van der Waals surface area contributed by atoms with Gasteiger partial charge in [-0.1, -0.05) is 55.5 Å². The van der Waals surface area contributed by atoms with Crippen LogP contribution in [0.25, 0.3) is 0 Å². The minimum atomic E-state index is -1.02. The van der Waals surface area contributed by atoms with Gasteiger partial charge < -0.3 is 5.32 Å². The second kappa shape index (κ2) is 7.36. The van der Waals surface area contributed by atoms with Crippen molar-refractivity contribution in [2.45, 2.75) is 30.0 Å². The summed E-state index contributed by atoms with van der Waals surface area (Å²) in [6.45, 7) is 4.98. The Hall–Kier alpha value is -1.45. The SMILES string of the molecule is CCNC(c1ccccc1)C(C)S(=O)c1ccccc1. The fraction of sp³-hybridized carbons (Fsp3) is 0.294. The van der Waals surface area contributed by atoms with Gasteiger partial charge in [-0.05, 0) is 31.2 Å². The largest absolute Gasteiger partial charge is 0.309 e. The average molecular weight is 287 g/mol. The van der Waals surface area contributed by atoms with Crippen molar-refractivity contribution in [2.24, 2.45) is 0 Å². The summed E-state index contributed by atoms with van der Waals surface area (Å²) in [4.78, 5) is 0.888. The van der Waals surface area contributed by atoms with Gasteiger partial charge in [0.05, 0.1) is 16.0 Å². The first-order valence-corrected chi connectivity index (χ1v) is 8.19. The predicted octanol–water partition coefficient (Wildman–Crippen LogP) is 3.53. The van der Waals surface area contributed by atoms with Crippen LogP contribution < -0.4 is 5.32 Å². The Morgan fingerprint density at radius 2 is 1.55 bits per heavy atom. The van der Waals surface area contributed by atoms with E-state index in [4.69, 9.17) is 0 Å². The fourth-order valence-corrected chi connectivity index (χ4v) is 3.68. The molecule has 0 spiro atoms. The number of nitrogens with one attached hydrogen (secondary N) is 1. The van der Waals surface area contributed by atoms with Crippen LogP contribution in [-0.2, 0) is 10.8 Å². The van der Waals surface area contributed by atoms with Gasteiger partial charge in [0.2, 0.25) is 0 Å². The maximum absolute atomic E-state index is 12.7. The lowest BCUT2D eigenvalue weighted by Crippen LogP contribution is -2.33. The zero-order chi connectivity index (χ0) is 14.4. The van der Waals surface area contributed by atoms with Gasteiger partial charge in [0, 0.05) is 10.9 Å². The lowest BCUT2D eigenvalue weighted by Gasteiger charge is -2.24. The van der Waals surface area contributed by atoms with E-state index in [0.717, 1.165) is 11.4 Å². The topological polar surface area (TPSA) is 29.1 Å². The monoisotopic (exact) mass is 287 g/mol. The zero-order valence-electron chi connectivity index (χ0n) is 12.0. The molecular weight excluding hydrogens is 266 g/mol. The molecule has 2 aromatic rings. The second-order valence-corrected chi connectivity index (χ2v) is 6.57. The van der Waals surface area contributed by atoms with E-state index in [1.165, 1.54) is 5.56 Å². The molecule has 1 N–H and O–H groups in total. The third-order valence-electron chi connectivity index (χ3n) is 3.37. The molecule has 0 radical (unpaired) electrons. The molecule has 0 aliphatic carbocycles. The quantitative estimate of drug-likeness (QED) is 0.880. The Labute approximate surface area is 123 Å². The maximum atomic E-state index is 12.7. The molecule has 0 aliphatic rings. The molecule has 20 heavy (non-hydrogen) atoms. The summed E-state index contributed by atoms with van der Waals surface area (Å²) in [5, 5.41) is 3.47. The van der Waals surface area contributed by atoms with Crippen LogP contribution in [0.4, 0.5) is 0 Å². The van der Waals surface area contributed by atoms with Crippen molar-refractivity contribution < 1.29 is 4.21 Å². The number of benzene rings is 2. The molecular formula is C17H21NOS. The third-order valence-corrected chi connectivity index (χ3v) is 5.05. The van der Waals surface area contributed by atoms with Crippen molar-refractivity contribution in [1.29, 1.82) is 0 Å². The standard InChI is InChI=1S/C17H21NOS/c1-3-18-17(15-10-6-4-7-11-15)14(2)20(19)16-12-8-5-9-13-16/h4-14,17-18H,3H2,1-2H3. The van der Waals surface area contributed by atoms with Gasteiger partial charge in [0.15, 0.2) is 0 Å². The highest BCUT2D eigenvalue weighted by molar-refractivity contribution is 7.85. The van der Waals surface area contributed by atoms with Crippen LogP contribution in [0.3, 0.4) is 0 Å². The highest BCUT2D eigenvalue weighted by Crippen LogP contribution is 2.24. The van der Waals surface area contributed by atoms with Crippen LogP contribution in [0.5, 0.6) is 0 Å². The first kappa shape index (κ1) is 14.9. The number of hydrogen-bond donors (Lipinski definition) is 1. The summed E-state index contributed by atoms with van der Waals surface area (Å²) in [6.07, 6.45) is 0. The summed E-state index contributed by atoms with van der Waals surface area (Å²) < 4.78 is 12.7. The molecule has 106 valence electrons. The van der Waals surface area contributed by atoms with Gasteiger partial charge in [0.25, 0.3) is 0 Å². The van der Waals surface area contributed by atoms with Gasteiger partial charge >= 0.3 is 0 Å². The van der Waals surface area contributed by atoms with E-state index in [0.29, 0.717) is 0 Å². The molecule has 2 rings (SSSR count). The van der Waals surface area contributed by atoms with Crippen molar-refractivity contribution in [3.05, 3.63) is 66.2 Å². The van der Waals surface area contributed by atoms with Crippen molar-refractivity contribution >= 4 is 10.8 Å². The van der Waals surface area contributed by atoms with Crippen molar-refractivity contribution in [2.75, 3.05) is 6.54 Å². The third kappa shape index (κ3) is 3.56. The molecule has 0 aromatic heterocycles. The molecule has 0 saturated heterocycles. The highest BCUT2D eigenvalue weighted by Gasteiger charge is 2.24. The molecule has 0 aliphatic heterocycles. The summed E-state index contributed by atoms with van der Waals surface area (Å²) >= 11 is 0. The van der Waals surface area contributed by atoms with Crippen molar-refractivity contribution in [3.8, 4) is 0 Å². The van der Waals surface area contributed by atoms with Crippen molar-refractivity contribution in [1.82, 2.24) is 5.32 Å². The van der Waals surface area contributed by atoms with E-state index in [1.807, 2.05) is 55.5 Å². The molecule has 0 fully saturated rings. The van der Waals surface area contributed by atoms with Crippen LogP contribution >= 0.6 is 0 Å². The first-order valence-electron chi connectivity index (χ1n) is 6.98. The van der Waals surface area contributed by atoms with E-state index >= 15 is 0 Å². The lowest BCUT2D eigenvalue weighted by atomic mass is 10.0. The van der Waals surface area contributed by atoms with E-state index in [2.05, 4.69) is 24.4 Å². The molecule has 2 aromatic carbocycles. The van der Waals surface area contributed by atoms with Gasteiger partial charge in [-0.15, -0.1) is 0 Å². The van der Waals surface area contributed by atoms with Crippen LogP contribution in [0.2, 0.25) is 0 Å². The highest BCUT2D eigenvalue weighted by atomic mass is 32.2. The molecule has 0 bridgehead atoms. The Kier molecular flexibility index (Phi) is 5.50. The summed E-state index contributed by atoms with van der Waals surface area (Å²) in [6, 6.07) is 20.0. The Balaban J connectivity index is 2.23. The molecule has 0 heterocycles. The normalized spacial score (nSPS) is 15.5. The van der Waals surface area contributed by atoms with Gasteiger partial charge in [-0.2, -0.15) is 0 Å². The van der Waals surface area contributed by atoms with E-state index in [9.17, 15) is 4.21 Å². The Morgan fingerprint density at radius 1 is 1.00 bits per heavy atom. The number of rotatable bonds is 6. The molecule has 3 atom stereocenters. The van der Waals surface area contributed by atoms with Gasteiger partial charge in [-0.3, -0.25) is 4.21 Å². The molecule has 3 unspecified atom stereocenters. The fourth-order valence-electron chi connectivity index (χ4n) is 2.33. The maximum Gasteiger partial charge on any atom is 0.0577 e. The summed E-state index contributed by atoms with van der Waals surface area (Å²) in [7, 11) is -1.02. The predicted molar refractivity (Wildman–Crippen MR) is 85.2 cm³/mol. The number of hydrogen-bond acceptors (Lipinski definition) is 2. The summed E-state index contributed by atoms with van der Waals surface area (Å²) in [5.74, 6) is 0. The lowest BCUT2D eigenvalue weighted by molar-refractivity contribution is 0.535. The average Bonchev–Trinajstić information content (AvgIpc) is 2.53. The van der Waals surface area contributed by atoms with E-state index in [-0.39, 0.29) is 11.3 Å². The smallest absolute Gasteiger partial charge is 0.0577 e. The van der Waals surface area contributed by atoms with Crippen LogP contribution in [-0.4, -0.2) is 16.0 Å². The Bertz CT molecular complexity index is 541. The molecule has 0 saturated carbocycles. The summed E-state index contributed by atoms with van der Waals surface area (Å²) in [5.41, 5.74) is 1.19. The molecule has 2 nitrogen and oxygen atoms in total. The van der Waals surface area contributed by atoms with Crippen LogP contribution in [0.15, 0.2) is 65.6 Å². The van der Waals surface area contributed by atoms with Crippen molar-refractivity contribution in [3.63, 3.8) is 0 Å². The molecule has 3 heteroatoms. The van der Waals surface area contributed by atoms with Crippen LogP contribution in [0.1, 0.15) is 25.5 Å². The minimum absolute atomic E-state index is 0.0137. The van der Waals surface area contributed by atoms with Crippen LogP contribution in [0, 0.1) is 0 Å². The Morgan fingerprint density at radius 3 is 2.10 bits per heavy atom.